The summed E-state index contributed by atoms with van der Waals surface area (Å²) >= 11 is 0. The molecular formula is C16H19NO2. The number of hydrogen-bond donors (Lipinski definition) is 2. The molecule has 1 aromatic heterocycles. The number of aliphatic hydroxyl groups excluding tert-OH is 1. The Morgan fingerprint density at radius 1 is 1.26 bits per heavy atom. The summed E-state index contributed by atoms with van der Waals surface area (Å²) in [6, 6.07) is 12.2. The second-order valence-corrected chi connectivity index (χ2v) is 5.28. The molecule has 3 unspecified atom stereocenters. The summed E-state index contributed by atoms with van der Waals surface area (Å²) in [4.78, 5) is 0. The molecule has 0 amide bonds. The summed E-state index contributed by atoms with van der Waals surface area (Å²) in [6.45, 7) is 4.00. The largest absolute Gasteiger partial charge is 0.465 e. The Hall–Kier alpha value is -1.58. The van der Waals surface area contributed by atoms with Crippen LogP contribution in [0.25, 0.3) is 0 Å². The molecule has 2 N–H and O–H groups in total. The molecule has 0 fully saturated rings. The van der Waals surface area contributed by atoms with Crippen LogP contribution in [0.4, 0.5) is 0 Å². The van der Waals surface area contributed by atoms with Crippen LogP contribution in [-0.2, 0) is 6.42 Å². The van der Waals surface area contributed by atoms with Gasteiger partial charge < -0.3 is 9.52 Å². The number of aliphatic hydroxyl groups is 1. The highest BCUT2D eigenvalue weighted by molar-refractivity contribution is 5.36. The third-order valence-corrected chi connectivity index (χ3v) is 3.82. The molecule has 0 radical (unpaired) electrons. The lowest BCUT2D eigenvalue weighted by Crippen LogP contribution is -2.30. The van der Waals surface area contributed by atoms with E-state index in [0.717, 1.165) is 17.9 Å². The Bertz CT molecular complexity index is 576. The van der Waals surface area contributed by atoms with E-state index in [0.29, 0.717) is 0 Å². The number of nitrogens with one attached hydrogen (secondary N) is 1. The summed E-state index contributed by atoms with van der Waals surface area (Å²) < 4.78 is 5.63. The van der Waals surface area contributed by atoms with Crippen molar-refractivity contribution in [1.29, 1.82) is 0 Å². The van der Waals surface area contributed by atoms with Gasteiger partial charge in [-0.2, -0.15) is 0 Å². The molecule has 19 heavy (non-hydrogen) atoms. The maximum atomic E-state index is 10.2. The fourth-order valence-electron chi connectivity index (χ4n) is 2.81. The Balaban J connectivity index is 1.80. The molecule has 2 aromatic rings. The van der Waals surface area contributed by atoms with E-state index in [4.69, 9.17) is 4.42 Å². The molecular weight excluding hydrogens is 238 g/mol. The average molecular weight is 257 g/mol. The van der Waals surface area contributed by atoms with Crippen molar-refractivity contribution in [3.63, 3.8) is 0 Å². The molecule has 100 valence electrons. The second kappa shape index (κ2) is 4.83. The summed E-state index contributed by atoms with van der Waals surface area (Å²) in [5.41, 5.74) is 2.43. The number of hydrogen-bond acceptors (Lipinski definition) is 3. The third kappa shape index (κ3) is 2.31. The molecule has 0 aliphatic heterocycles. The van der Waals surface area contributed by atoms with Crippen molar-refractivity contribution >= 4 is 0 Å². The first-order valence-electron chi connectivity index (χ1n) is 6.73. The maximum absolute atomic E-state index is 10.2. The lowest BCUT2D eigenvalue weighted by Gasteiger charge is -2.22. The molecule has 3 atom stereocenters. The van der Waals surface area contributed by atoms with Crippen molar-refractivity contribution in [2.75, 3.05) is 0 Å². The van der Waals surface area contributed by atoms with Gasteiger partial charge in [0.2, 0.25) is 0 Å². The SMILES string of the molecule is Cc1ccc(C(C)NC2c3ccccc3CC2O)o1. The third-order valence-electron chi connectivity index (χ3n) is 3.82. The fraction of sp³-hybridized carbons (Fsp3) is 0.375. The van der Waals surface area contributed by atoms with Crippen LogP contribution in [0.2, 0.25) is 0 Å². The molecule has 0 bridgehead atoms. The molecule has 1 aliphatic carbocycles. The van der Waals surface area contributed by atoms with Gasteiger partial charge in [0.05, 0.1) is 18.2 Å². The number of aryl methyl sites for hydroxylation is 1. The minimum absolute atomic E-state index is 0.0170. The lowest BCUT2D eigenvalue weighted by atomic mass is 10.1. The minimum atomic E-state index is -0.365. The van der Waals surface area contributed by atoms with Crippen LogP contribution < -0.4 is 5.32 Å². The molecule has 3 nitrogen and oxygen atoms in total. The minimum Gasteiger partial charge on any atom is -0.465 e. The maximum Gasteiger partial charge on any atom is 0.120 e. The summed E-state index contributed by atoms with van der Waals surface area (Å²) in [7, 11) is 0. The molecule has 0 saturated carbocycles. The van der Waals surface area contributed by atoms with Crippen LogP contribution in [0.15, 0.2) is 40.8 Å². The van der Waals surface area contributed by atoms with E-state index in [9.17, 15) is 5.11 Å². The highest BCUT2D eigenvalue weighted by Crippen LogP contribution is 2.33. The molecule has 1 heterocycles. The van der Waals surface area contributed by atoms with Gasteiger partial charge in [0.15, 0.2) is 0 Å². The van der Waals surface area contributed by atoms with Gasteiger partial charge in [0.25, 0.3) is 0 Å². The first-order valence-corrected chi connectivity index (χ1v) is 6.73. The Morgan fingerprint density at radius 2 is 2.05 bits per heavy atom. The van der Waals surface area contributed by atoms with Crippen LogP contribution in [0, 0.1) is 6.92 Å². The first-order chi connectivity index (χ1) is 9.15. The van der Waals surface area contributed by atoms with Crippen molar-refractivity contribution < 1.29 is 9.52 Å². The zero-order chi connectivity index (χ0) is 13.4. The van der Waals surface area contributed by atoms with Crippen molar-refractivity contribution in [3.05, 3.63) is 59.0 Å². The van der Waals surface area contributed by atoms with Gasteiger partial charge in [-0.25, -0.2) is 0 Å². The van der Waals surface area contributed by atoms with E-state index in [1.54, 1.807) is 0 Å². The predicted octanol–water partition coefficient (Wildman–Crippen LogP) is 2.90. The van der Waals surface area contributed by atoms with Gasteiger partial charge in [-0.15, -0.1) is 0 Å². The number of furan rings is 1. The van der Waals surface area contributed by atoms with E-state index in [1.165, 1.54) is 11.1 Å². The molecule has 0 saturated heterocycles. The number of rotatable bonds is 3. The normalized spacial score (nSPS) is 23.3. The summed E-state index contributed by atoms with van der Waals surface area (Å²) in [6.07, 6.45) is 0.355. The van der Waals surface area contributed by atoms with Gasteiger partial charge in [-0.1, -0.05) is 24.3 Å². The molecule has 3 rings (SSSR count). The Morgan fingerprint density at radius 3 is 2.79 bits per heavy atom. The van der Waals surface area contributed by atoms with Gasteiger partial charge in [-0.05, 0) is 37.1 Å². The van der Waals surface area contributed by atoms with E-state index < -0.39 is 0 Å². The monoisotopic (exact) mass is 257 g/mol. The Kier molecular flexibility index (Phi) is 3.17. The van der Waals surface area contributed by atoms with Crippen molar-refractivity contribution in [2.24, 2.45) is 0 Å². The fourth-order valence-corrected chi connectivity index (χ4v) is 2.81. The van der Waals surface area contributed by atoms with E-state index >= 15 is 0 Å². The molecule has 1 aromatic carbocycles. The van der Waals surface area contributed by atoms with Crippen molar-refractivity contribution in [3.8, 4) is 0 Å². The Labute approximate surface area is 113 Å². The zero-order valence-corrected chi connectivity index (χ0v) is 11.3. The predicted molar refractivity (Wildman–Crippen MR) is 73.9 cm³/mol. The van der Waals surface area contributed by atoms with Crippen LogP contribution in [0.1, 0.15) is 41.7 Å². The van der Waals surface area contributed by atoms with Crippen LogP contribution in [0.3, 0.4) is 0 Å². The molecule has 1 aliphatic rings. The topological polar surface area (TPSA) is 45.4 Å². The van der Waals surface area contributed by atoms with Gasteiger partial charge in [-0.3, -0.25) is 5.32 Å². The van der Waals surface area contributed by atoms with E-state index in [2.05, 4.69) is 24.4 Å². The quantitative estimate of drug-likeness (QED) is 0.888. The average Bonchev–Trinajstić information content (AvgIpc) is 2.95. The van der Waals surface area contributed by atoms with Gasteiger partial charge >= 0.3 is 0 Å². The van der Waals surface area contributed by atoms with E-state index in [-0.39, 0.29) is 18.2 Å². The van der Waals surface area contributed by atoms with Crippen LogP contribution >= 0.6 is 0 Å². The molecule has 0 spiro atoms. The summed E-state index contributed by atoms with van der Waals surface area (Å²) in [5, 5.41) is 13.7. The van der Waals surface area contributed by atoms with Crippen molar-refractivity contribution in [2.45, 2.75) is 38.5 Å². The summed E-state index contributed by atoms with van der Waals surface area (Å²) in [5.74, 6) is 1.82. The highest BCUT2D eigenvalue weighted by Gasteiger charge is 2.31. The van der Waals surface area contributed by atoms with Crippen LogP contribution in [0.5, 0.6) is 0 Å². The zero-order valence-electron chi connectivity index (χ0n) is 11.3. The molecule has 3 heteroatoms. The smallest absolute Gasteiger partial charge is 0.120 e. The van der Waals surface area contributed by atoms with Crippen LogP contribution in [-0.4, -0.2) is 11.2 Å². The number of benzene rings is 1. The van der Waals surface area contributed by atoms with Gasteiger partial charge in [0.1, 0.15) is 11.5 Å². The highest BCUT2D eigenvalue weighted by atomic mass is 16.3. The standard InChI is InChI=1S/C16H19NO2/c1-10-7-8-15(19-10)11(2)17-16-13-6-4-3-5-12(13)9-14(16)18/h3-8,11,14,16-18H,9H2,1-2H3. The van der Waals surface area contributed by atoms with Gasteiger partial charge in [0, 0.05) is 6.42 Å². The van der Waals surface area contributed by atoms with Crippen molar-refractivity contribution in [1.82, 2.24) is 5.32 Å². The lowest BCUT2D eigenvalue weighted by molar-refractivity contribution is 0.134. The second-order valence-electron chi connectivity index (χ2n) is 5.28. The first kappa shape index (κ1) is 12.5. The van der Waals surface area contributed by atoms with E-state index in [1.807, 2.05) is 31.2 Å². The number of fused-ring (bicyclic) bond motifs is 1.